The molecule has 0 bridgehead atoms. The van der Waals surface area contributed by atoms with Crippen molar-refractivity contribution in [2.24, 2.45) is 11.7 Å². The molecule has 3 unspecified atom stereocenters. The van der Waals surface area contributed by atoms with Crippen LogP contribution in [0.5, 0.6) is 0 Å². The molecule has 2 nitrogen and oxygen atoms in total. The zero-order valence-corrected chi connectivity index (χ0v) is 13.9. The van der Waals surface area contributed by atoms with Gasteiger partial charge in [-0.05, 0) is 68.0 Å². The molecule has 1 saturated carbocycles. The molecular weight excluding hydrogens is 312 g/mol. The van der Waals surface area contributed by atoms with E-state index in [0.29, 0.717) is 18.0 Å². The minimum Gasteiger partial charge on any atom is -0.330 e. The number of hydrogen-bond donors (Lipinski definition) is 1. The lowest BCUT2D eigenvalue weighted by Gasteiger charge is -2.37. The molecule has 1 fully saturated rings. The van der Waals surface area contributed by atoms with Gasteiger partial charge >= 0.3 is 0 Å². The van der Waals surface area contributed by atoms with Crippen LogP contribution in [-0.4, -0.2) is 24.0 Å². The molecule has 3 heteroatoms. The summed E-state index contributed by atoms with van der Waals surface area (Å²) in [4.78, 5) is 2.74. The maximum atomic E-state index is 6.00. The first-order valence-corrected chi connectivity index (χ1v) is 8.78. The van der Waals surface area contributed by atoms with E-state index >= 15 is 0 Å². The zero-order chi connectivity index (χ0) is 14.1. The maximum absolute atomic E-state index is 6.00. The van der Waals surface area contributed by atoms with Gasteiger partial charge in [0.25, 0.3) is 0 Å². The molecular formula is C17H25BrN2. The minimum atomic E-state index is 0.611. The second-order valence-electron chi connectivity index (χ2n) is 6.22. The van der Waals surface area contributed by atoms with Crippen LogP contribution < -0.4 is 5.73 Å². The Morgan fingerprint density at radius 1 is 1.30 bits per heavy atom. The summed E-state index contributed by atoms with van der Waals surface area (Å²) in [5, 5.41) is 0. The number of hydrogen-bond acceptors (Lipinski definition) is 2. The van der Waals surface area contributed by atoms with E-state index in [1.54, 1.807) is 5.56 Å². The predicted octanol–water partition coefficient (Wildman–Crippen LogP) is 3.89. The normalized spacial score (nSPS) is 29.1. The summed E-state index contributed by atoms with van der Waals surface area (Å²) in [6.45, 7) is 4.30. The van der Waals surface area contributed by atoms with Crippen molar-refractivity contribution in [3.05, 3.63) is 33.8 Å². The fraction of sp³-hybridized carbons (Fsp3) is 0.647. The lowest BCUT2D eigenvalue weighted by molar-refractivity contribution is 0.114. The Hall–Kier alpha value is -0.380. The number of nitrogens with two attached hydrogens (primary N) is 1. The number of aryl methyl sites for hydroxylation is 1. The average molecular weight is 337 g/mol. The zero-order valence-electron chi connectivity index (χ0n) is 12.3. The SMILES string of the molecule is CCN(C1CCc2cc(Br)ccc21)C1CCCC1CN. The van der Waals surface area contributed by atoms with Gasteiger partial charge in [0.2, 0.25) is 0 Å². The minimum absolute atomic E-state index is 0.611. The molecule has 3 rings (SSSR count). The Labute approximate surface area is 130 Å². The number of rotatable bonds is 4. The Morgan fingerprint density at radius 3 is 2.90 bits per heavy atom. The maximum Gasteiger partial charge on any atom is 0.0356 e. The molecule has 110 valence electrons. The van der Waals surface area contributed by atoms with Gasteiger partial charge in [-0.25, -0.2) is 0 Å². The van der Waals surface area contributed by atoms with Gasteiger partial charge in [0, 0.05) is 16.6 Å². The van der Waals surface area contributed by atoms with E-state index in [4.69, 9.17) is 5.73 Å². The highest BCUT2D eigenvalue weighted by Gasteiger charge is 2.36. The van der Waals surface area contributed by atoms with Crippen molar-refractivity contribution >= 4 is 15.9 Å². The smallest absolute Gasteiger partial charge is 0.0356 e. The first-order chi connectivity index (χ1) is 9.74. The van der Waals surface area contributed by atoms with Crippen LogP contribution in [0.1, 0.15) is 49.8 Å². The Balaban J connectivity index is 1.85. The molecule has 0 radical (unpaired) electrons. The first kappa shape index (κ1) is 14.6. The van der Waals surface area contributed by atoms with Crippen LogP contribution in [0, 0.1) is 5.92 Å². The third-order valence-corrected chi connectivity index (χ3v) is 5.76. The van der Waals surface area contributed by atoms with Gasteiger partial charge in [0.05, 0.1) is 0 Å². The van der Waals surface area contributed by atoms with E-state index in [1.165, 1.54) is 42.1 Å². The average Bonchev–Trinajstić information content (AvgIpc) is 3.07. The van der Waals surface area contributed by atoms with Gasteiger partial charge in [-0.1, -0.05) is 35.3 Å². The van der Waals surface area contributed by atoms with E-state index in [2.05, 4.69) is 46.0 Å². The van der Waals surface area contributed by atoms with Crippen LogP contribution in [-0.2, 0) is 6.42 Å². The third-order valence-electron chi connectivity index (χ3n) is 5.26. The van der Waals surface area contributed by atoms with E-state index < -0.39 is 0 Å². The van der Waals surface area contributed by atoms with Crippen LogP contribution in [0.4, 0.5) is 0 Å². The summed E-state index contributed by atoms with van der Waals surface area (Å²) < 4.78 is 1.21. The largest absolute Gasteiger partial charge is 0.330 e. The quantitative estimate of drug-likeness (QED) is 0.903. The molecule has 0 aromatic heterocycles. The van der Waals surface area contributed by atoms with Gasteiger partial charge in [-0.15, -0.1) is 0 Å². The van der Waals surface area contributed by atoms with E-state index in [9.17, 15) is 0 Å². The summed E-state index contributed by atoms with van der Waals surface area (Å²) >= 11 is 3.60. The second kappa shape index (κ2) is 6.17. The fourth-order valence-electron chi connectivity index (χ4n) is 4.32. The molecule has 0 saturated heterocycles. The van der Waals surface area contributed by atoms with Crippen LogP contribution in [0.15, 0.2) is 22.7 Å². The molecule has 0 heterocycles. The molecule has 0 aliphatic heterocycles. The predicted molar refractivity (Wildman–Crippen MR) is 87.8 cm³/mol. The lowest BCUT2D eigenvalue weighted by Crippen LogP contribution is -2.42. The van der Waals surface area contributed by atoms with Gasteiger partial charge in [-0.2, -0.15) is 0 Å². The molecule has 0 amide bonds. The van der Waals surface area contributed by atoms with Crippen LogP contribution in [0.2, 0.25) is 0 Å². The van der Waals surface area contributed by atoms with Crippen LogP contribution in [0.3, 0.4) is 0 Å². The monoisotopic (exact) mass is 336 g/mol. The Bertz CT molecular complexity index is 474. The van der Waals surface area contributed by atoms with Crippen LogP contribution in [0.25, 0.3) is 0 Å². The van der Waals surface area contributed by atoms with E-state index in [1.807, 2.05) is 0 Å². The summed E-state index contributed by atoms with van der Waals surface area (Å²) in [5.74, 6) is 0.703. The van der Waals surface area contributed by atoms with Crippen LogP contribution >= 0.6 is 15.9 Å². The summed E-state index contributed by atoms with van der Waals surface area (Å²) in [6, 6.07) is 8.13. The van der Waals surface area contributed by atoms with Crippen molar-refractivity contribution in [2.45, 2.75) is 51.1 Å². The van der Waals surface area contributed by atoms with Crippen molar-refractivity contribution in [3.63, 3.8) is 0 Å². The first-order valence-electron chi connectivity index (χ1n) is 7.98. The highest BCUT2D eigenvalue weighted by molar-refractivity contribution is 9.10. The van der Waals surface area contributed by atoms with E-state index in [0.717, 1.165) is 13.1 Å². The Kier molecular flexibility index (Phi) is 4.49. The molecule has 3 atom stereocenters. The highest BCUT2D eigenvalue weighted by Crippen LogP contribution is 2.41. The number of benzene rings is 1. The van der Waals surface area contributed by atoms with Gasteiger partial charge in [0.1, 0.15) is 0 Å². The third kappa shape index (κ3) is 2.56. The van der Waals surface area contributed by atoms with Gasteiger partial charge in [-0.3, -0.25) is 4.90 Å². The van der Waals surface area contributed by atoms with Crippen molar-refractivity contribution in [1.82, 2.24) is 4.90 Å². The lowest BCUT2D eigenvalue weighted by atomic mass is 9.98. The molecule has 2 N–H and O–H groups in total. The summed E-state index contributed by atoms with van der Waals surface area (Å²) in [6.07, 6.45) is 6.49. The topological polar surface area (TPSA) is 29.3 Å². The van der Waals surface area contributed by atoms with Crippen molar-refractivity contribution < 1.29 is 0 Å². The van der Waals surface area contributed by atoms with Crippen molar-refractivity contribution in [3.8, 4) is 0 Å². The van der Waals surface area contributed by atoms with Gasteiger partial charge in [0.15, 0.2) is 0 Å². The molecule has 1 aromatic carbocycles. The fourth-order valence-corrected chi connectivity index (χ4v) is 4.73. The van der Waals surface area contributed by atoms with Crippen molar-refractivity contribution in [2.75, 3.05) is 13.1 Å². The molecule has 1 aromatic rings. The summed E-state index contributed by atoms with van der Waals surface area (Å²) in [5.41, 5.74) is 9.08. The molecule has 20 heavy (non-hydrogen) atoms. The molecule has 2 aliphatic carbocycles. The number of fused-ring (bicyclic) bond motifs is 1. The highest BCUT2D eigenvalue weighted by atomic mass is 79.9. The number of nitrogens with zero attached hydrogens (tertiary/aromatic N) is 1. The Morgan fingerprint density at radius 2 is 2.15 bits per heavy atom. The summed E-state index contributed by atoms with van der Waals surface area (Å²) in [7, 11) is 0. The van der Waals surface area contributed by atoms with Crippen molar-refractivity contribution in [1.29, 1.82) is 0 Å². The van der Waals surface area contributed by atoms with E-state index in [-0.39, 0.29) is 0 Å². The number of halogens is 1. The standard InChI is InChI=1S/C17H25BrN2/c1-2-20(16-5-3-4-13(16)11-19)17-9-6-12-10-14(18)7-8-15(12)17/h7-8,10,13,16-17H,2-6,9,11,19H2,1H3. The second-order valence-corrected chi connectivity index (χ2v) is 7.14. The molecule has 0 spiro atoms. The van der Waals surface area contributed by atoms with Gasteiger partial charge < -0.3 is 5.73 Å². The molecule has 2 aliphatic rings.